The minimum absolute atomic E-state index is 0.0356. The van der Waals surface area contributed by atoms with Gasteiger partial charge in [0.05, 0.1) is 0 Å². The van der Waals surface area contributed by atoms with E-state index < -0.39 is 42.1 Å². The second-order valence-corrected chi connectivity index (χ2v) is 8.60. The maximum atomic E-state index is 12.9. The van der Waals surface area contributed by atoms with Gasteiger partial charge in [-0.3, -0.25) is 14.4 Å². The van der Waals surface area contributed by atoms with Crippen molar-refractivity contribution in [2.75, 3.05) is 13.1 Å². The summed E-state index contributed by atoms with van der Waals surface area (Å²) in [5.74, 6) is -2.22. The summed E-state index contributed by atoms with van der Waals surface area (Å²) in [6.45, 7) is 9.01. The second-order valence-electron chi connectivity index (χ2n) is 8.60. The standard InChI is InChI=1S/C22H28N2O6/c1-21(2,3)29-18(26)13-24(14-19(27)30-22(4,5)6)20(28)16(12-23)11-15-7-9-17(25)10-8-15/h7-11,25H,13-14H2,1-6H3. The number of carbonyl (C=O) groups excluding carboxylic acids is 3. The Bertz CT molecular complexity index is 822. The van der Waals surface area contributed by atoms with Crippen molar-refractivity contribution in [2.24, 2.45) is 0 Å². The normalized spacial score (nSPS) is 12.0. The minimum atomic E-state index is -0.817. The third-order valence-electron chi connectivity index (χ3n) is 3.32. The lowest BCUT2D eigenvalue weighted by molar-refractivity contribution is -0.163. The number of hydrogen-bond acceptors (Lipinski definition) is 7. The Morgan fingerprint density at radius 2 is 1.40 bits per heavy atom. The Morgan fingerprint density at radius 1 is 0.967 bits per heavy atom. The van der Waals surface area contributed by atoms with E-state index in [1.54, 1.807) is 47.6 Å². The van der Waals surface area contributed by atoms with E-state index in [0.717, 1.165) is 4.90 Å². The minimum Gasteiger partial charge on any atom is -0.508 e. The summed E-state index contributed by atoms with van der Waals surface area (Å²) in [6.07, 6.45) is 1.30. The first kappa shape index (κ1) is 24.7. The van der Waals surface area contributed by atoms with Crippen molar-refractivity contribution in [3.8, 4) is 11.8 Å². The molecule has 0 aliphatic carbocycles. The number of aromatic hydroxyl groups is 1. The number of hydrogen-bond donors (Lipinski definition) is 1. The van der Waals surface area contributed by atoms with Crippen LogP contribution in [0.25, 0.3) is 6.08 Å². The Morgan fingerprint density at radius 3 is 1.77 bits per heavy atom. The number of phenols is 1. The third-order valence-corrected chi connectivity index (χ3v) is 3.32. The summed E-state index contributed by atoms with van der Waals surface area (Å²) in [5.41, 5.74) is -1.35. The molecule has 1 aromatic carbocycles. The summed E-state index contributed by atoms with van der Waals surface area (Å²) in [5, 5.41) is 18.8. The van der Waals surface area contributed by atoms with Crippen LogP contribution in [-0.4, -0.2) is 52.1 Å². The van der Waals surface area contributed by atoms with Gasteiger partial charge in [0.25, 0.3) is 5.91 Å². The van der Waals surface area contributed by atoms with E-state index in [1.807, 2.05) is 0 Å². The molecule has 1 rings (SSSR count). The summed E-state index contributed by atoms with van der Waals surface area (Å²) in [4.78, 5) is 38.3. The first-order chi connectivity index (χ1) is 13.7. The molecule has 8 nitrogen and oxygen atoms in total. The van der Waals surface area contributed by atoms with Crippen LogP contribution < -0.4 is 0 Å². The molecule has 0 aromatic heterocycles. The Kier molecular flexibility index (Phi) is 8.17. The van der Waals surface area contributed by atoms with E-state index in [1.165, 1.54) is 30.3 Å². The number of phenolic OH excluding ortho intramolecular Hbond substituents is 1. The number of nitrogens with zero attached hydrogens (tertiary/aromatic N) is 2. The van der Waals surface area contributed by atoms with Gasteiger partial charge in [-0.1, -0.05) is 12.1 Å². The maximum Gasteiger partial charge on any atom is 0.326 e. The van der Waals surface area contributed by atoms with Crippen LogP contribution in [0.15, 0.2) is 29.8 Å². The van der Waals surface area contributed by atoms with Gasteiger partial charge < -0.3 is 19.5 Å². The molecule has 0 saturated carbocycles. The van der Waals surface area contributed by atoms with Crippen LogP contribution in [0.5, 0.6) is 5.75 Å². The zero-order valence-corrected chi connectivity index (χ0v) is 18.2. The van der Waals surface area contributed by atoms with Crippen LogP contribution in [-0.2, 0) is 23.9 Å². The van der Waals surface area contributed by atoms with E-state index in [-0.39, 0.29) is 11.3 Å². The van der Waals surface area contributed by atoms with Crippen LogP contribution in [0, 0.1) is 11.3 Å². The number of nitriles is 1. The number of rotatable bonds is 6. The van der Waals surface area contributed by atoms with Gasteiger partial charge in [-0.2, -0.15) is 5.26 Å². The molecule has 1 N–H and O–H groups in total. The molecule has 8 heteroatoms. The first-order valence-electron chi connectivity index (χ1n) is 9.34. The summed E-state index contributed by atoms with van der Waals surface area (Å²) in [7, 11) is 0. The summed E-state index contributed by atoms with van der Waals surface area (Å²) in [6, 6.07) is 7.65. The lowest BCUT2D eigenvalue weighted by atomic mass is 10.1. The van der Waals surface area contributed by atoms with E-state index in [4.69, 9.17) is 9.47 Å². The predicted octanol–water partition coefficient (Wildman–Crippen LogP) is 2.81. The highest BCUT2D eigenvalue weighted by molar-refractivity contribution is 6.03. The highest BCUT2D eigenvalue weighted by atomic mass is 16.6. The smallest absolute Gasteiger partial charge is 0.326 e. The SMILES string of the molecule is CC(C)(C)OC(=O)CN(CC(=O)OC(C)(C)C)C(=O)C(C#N)=Cc1ccc(O)cc1. The van der Waals surface area contributed by atoms with Gasteiger partial charge in [0.15, 0.2) is 0 Å². The van der Waals surface area contributed by atoms with Crippen LogP contribution in [0.1, 0.15) is 47.1 Å². The zero-order chi connectivity index (χ0) is 23.1. The Hall–Kier alpha value is -3.34. The molecule has 0 heterocycles. The van der Waals surface area contributed by atoms with Crippen molar-refractivity contribution < 1.29 is 29.0 Å². The summed E-state index contributed by atoms with van der Waals surface area (Å²) < 4.78 is 10.5. The van der Waals surface area contributed by atoms with Gasteiger partial charge in [-0.05, 0) is 65.3 Å². The Labute approximate surface area is 176 Å². The van der Waals surface area contributed by atoms with E-state index in [9.17, 15) is 24.8 Å². The number of esters is 2. The van der Waals surface area contributed by atoms with Gasteiger partial charge in [0, 0.05) is 0 Å². The van der Waals surface area contributed by atoms with Gasteiger partial charge in [0.2, 0.25) is 0 Å². The molecule has 0 spiro atoms. The number of ether oxygens (including phenoxy) is 2. The van der Waals surface area contributed by atoms with Crippen molar-refractivity contribution in [3.05, 3.63) is 35.4 Å². The average Bonchev–Trinajstić information content (AvgIpc) is 2.56. The maximum absolute atomic E-state index is 12.9. The van der Waals surface area contributed by atoms with Crippen LogP contribution in [0.3, 0.4) is 0 Å². The van der Waals surface area contributed by atoms with E-state index >= 15 is 0 Å². The Balaban J connectivity index is 3.14. The van der Waals surface area contributed by atoms with Crippen molar-refractivity contribution >= 4 is 23.9 Å². The monoisotopic (exact) mass is 416 g/mol. The molecule has 0 fully saturated rings. The molecule has 0 atom stereocenters. The molecule has 1 amide bonds. The molecule has 30 heavy (non-hydrogen) atoms. The quantitative estimate of drug-likeness (QED) is 0.430. The van der Waals surface area contributed by atoms with E-state index in [2.05, 4.69) is 0 Å². The lowest BCUT2D eigenvalue weighted by Gasteiger charge is -2.26. The van der Waals surface area contributed by atoms with Crippen LogP contribution in [0.2, 0.25) is 0 Å². The highest BCUT2D eigenvalue weighted by Crippen LogP contribution is 2.15. The molecule has 0 aliphatic heterocycles. The van der Waals surface area contributed by atoms with Crippen molar-refractivity contribution in [2.45, 2.75) is 52.7 Å². The van der Waals surface area contributed by atoms with Crippen molar-refractivity contribution in [1.29, 1.82) is 5.26 Å². The summed E-state index contributed by atoms with van der Waals surface area (Å²) >= 11 is 0. The molecule has 0 aliphatic rings. The molecular formula is C22H28N2O6. The molecule has 0 unspecified atom stereocenters. The topological polar surface area (TPSA) is 117 Å². The fraction of sp³-hybridized carbons (Fsp3) is 0.455. The van der Waals surface area contributed by atoms with E-state index in [0.29, 0.717) is 5.56 Å². The van der Waals surface area contributed by atoms with Crippen LogP contribution >= 0.6 is 0 Å². The number of benzene rings is 1. The van der Waals surface area contributed by atoms with Gasteiger partial charge in [0.1, 0.15) is 41.7 Å². The highest BCUT2D eigenvalue weighted by Gasteiger charge is 2.28. The van der Waals surface area contributed by atoms with Crippen molar-refractivity contribution in [3.63, 3.8) is 0 Å². The molecular weight excluding hydrogens is 388 g/mol. The van der Waals surface area contributed by atoms with Gasteiger partial charge in [-0.15, -0.1) is 0 Å². The first-order valence-corrected chi connectivity index (χ1v) is 9.34. The number of carbonyl (C=O) groups is 3. The molecule has 1 aromatic rings. The average molecular weight is 416 g/mol. The lowest BCUT2D eigenvalue weighted by Crippen LogP contribution is -2.43. The zero-order valence-electron chi connectivity index (χ0n) is 18.2. The molecule has 162 valence electrons. The second kappa shape index (κ2) is 9.92. The molecule has 0 bridgehead atoms. The largest absolute Gasteiger partial charge is 0.508 e. The predicted molar refractivity (Wildman–Crippen MR) is 110 cm³/mol. The van der Waals surface area contributed by atoms with Crippen molar-refractivity contribution in [1.82, 2.24) is 4.90 Å². The molecule has 0 saturated heterocycles. The van der Waals surface area contributed by atoms with Gasteiger partial charge in [-0.25, -0.2) is 0 Å². The fourth-order valence-corrected chi connectivity index (χ4v) is 2.31. The number of amides is 1. The fourth-order valence-electron chi connectivity index (χ4n) is 2.31. The third kappa shape index (κ3) is 9.24. The van der Waals surface area contributed by atoms with Crippen LogP contribution in [0.4, 0.5) is 0 Å². The molecule has 0 radical (unpaired) electrons. The van der Waals surface area contributed by atoms with Gasteiger partial charge >= 0.3 is 11.9 Å².